The molecule has 0 aliphatic heterocycles. The Balaban J connectivity index is 2.45. The number of hydrogen-bond donors (Lipinski definition) is 2. The largest absolute Gasteiger partial charge is 0.573 e. The van der Waals surface area contributed by atoms with Crippen molar-refractivity contribution in [3.05, 3.63) is 29.8 Å². The second-order valence-corrected chi connectivity index (χ2v) is 4.28. The van der Waals surface area contributed by atoms with Crippen LogP contribution in [0, 0.1) is 0 Å². The summed E-state index contributed by atoms with van der Waals surface area (Å²) in [5.41, 5.74) is 0.836. The standard InChI is InChI=1S/C13H17F3N2O2/c1-9(17-7-8-18-10(2)19)11-3-5-12(6-4-11)20-13(14,15)16/h3-6,9,17H,7-8H2,1-2H3,(H,18,19). The number of alkyl halides is 3. The Bertz CT molecular complexity index is 432. The highest BCUT2D eigenvalue weighted by atomic mass is 19.4. The van der Waals surface area contributed by atoms with Gasteiger partial charge < -0.3 is 15.4 Å². The fourth-order valence-corrected chi connectivity index (χ4v) is 1.60. The van der Waals surface area contributed by atoms with E-state index in [4.69, 9.17) is 0 Å². The van der Waals surface area contributed by atoms with Crippen LogP contribution in [0.2, 0.25) is 0 Å². The van der Waals surface area contributed by atoms with Gasteiger partial charge >= 0.3 is 6.36 Å². The first-order valence-corrected chi connectivity index (χ1v) is 6.11. The SMILES string of the molecule is CC(=O)NCCNC(C)c1ccc(OC(F)(F)F)cc1. The molecule has 1 aromatic carbocycles. The predicted octanol–water partition coefficient (Wildman–Crippen LogP) is 2.37. The molecule has 112 valence electrons. The zero-order chi connectivity index (χ0) is 15.2. The Morgan fingerprint density at radius 2 is 1.85 bits per heavy atom. The zero-order valence-corrected chi connectivity index (χ0v) is 11.3. The van der Waals surface area contributed by atoms with Crippen LogP contribution in [-0.2, 0) is 4.79 Å². The highest BCUT2D eigenvalue weighted by Crippen LogP contribution is 2.24. The number of carbonyl (C=O) groups is 1. The number of nitrogens with one attached hydrogen (secondary N) is 2. The summed E-state index contributed by atoms with van der Waals surface area (Å²) in [5, 5.41) is 5.78. The van der Waals surface area contributed by atoms with Crippen LogP contribution in [0.5, 0.6) is 5.75 Å². The molecule has 1 amide bonds. The molecule has 1 aromatic rings. The molecule has 0 aliphatic carbocycles. The van der Waals surface area contributed by atoms with Gasteiger partial charge in [0.2, 0.25) is 5.91 Å². The lowest BCUT2D eigenvalue weighted by atomic mass is 10.1. The molecule has 0 heterocycles. The van der Waals surface area contributed by atoms with E-state index in [1.807, 2.05) is 6.92 Å². The highest BCUT2D eigenvalue weighted by Gasteiger charge is 2.30. The molecule has 2 N–H and O–H groups in total. The van der Waals surface area contributed by atoms with Gasteiger partial charge in [-0.1, -0.05) is 12.1 Å². The fraction of sp³-hybridized carbons (Fsp3) is 0.462. The number of hydrogen-bond acceptors (Lipinski definition) is 3. The second kappa shape index (κ2) is 7.14. The second-order valence-electron chi connectivity index (χ2n) is 4.28. The van der Waals surface area contributed by atoms with Gasteiger partial charge in [0, 0.05) is 26.1 Å². The zero-order valence-electron chi connectivity index (χ0n) is 11.3. The first kappa shape index (κ1) is 16.3. The van der Waals surface area contributed by atoms with Gasteiger partial charge in [-0.3, -0.25) is 4.79 Å². The van der Waals surface area contributed by atoms with Crippen LogP contribution < -0.4 is 15.4 Å². The van der Waals surface area contributed by atoms with Crippen LogP contribution in [-0.4, -0.2) is 25.4 Å². The van der Waals surface area contributed by atoms with Crippen molar-refractivity contribution >= 4 is 5.91 Å². The van der Waals surface area contributed by atoms with E-state index in [9.17, 15) is 18.0 Å². The molecule has 0 aliphatic rings. The highest BCUT2D eigenvalue weighted by molar-refractivity contribution is 5.72. The number of amides is 1. The van der Waals surface area contributed by atoms with Crippen LogP contribution >= 0.6 is 0 Å². The third kappa shape index (κ3) is 6.42. The molecule has 20 heavy (non-hydrogen) atoms. The van der Waals surface area contributed by atoms with Crippen LogP contribution in [0.3, 0.4) is 0 Å². The summed E-state index contributed by atoms with van der Waals surface area (Å²) in [6.07, 6.45) is -4.68. The minimum Gasteiger partial charge on any atom is -0.406 e. The van der Waals surface area contributed by atoms with E-state index < -0.39 is 6.36 Å². The molecule has 0 fully saturated rings. The monoisotopic (exact) mass is 290 g/mol. The van der Waals surface area contributed by atoms with E-state index in [0.29, 0.717) is 13.1 Å². The molecule has 0 aromatic heterocycles. The molecule has 1 unspecified atom stereocenters. The minimum absolute atomic E-state index is 0.0382. The molecular formula is C13H17F3N2O2. The number of halogens is 3. The minimum atomic E-state index is -4.68. The first-order valence-electron chi connectivity index (χ1n) is 6.11. The topological polar surface area (TPSA) is 50.4 Å². The van der Waals surface area contributed by atoms with Crippen molar-refractivity contribution in [3.8, 4) is 5.75 Å². The van der Waals surface area contributed by atoms with Gasteiger partial charge in [0.05, 0.1) is 0 Å². The summed E-state index contributed by atoms with van der Waals surface area (Å²) in [7, 11) is 0. The lowest BCUT2D eigenvalue weighted by Gasteiger charge is -2.15. The maximum Gasteiger partial charge on any atom is 0.573 e. The molecule has 0 saturated heterocycles. The predicted molar refractivity (Wildman–Crippen MR) is 68.2 cm³/mol. The van der Waals surface area contributed by atoms with Crippen molar-refractivity contribution in [2.75, 3.05) is 13.1 Å². The van der Waals surface area contributed by atoms with Gasteiger partial charge in [0.25, 0.3) is 0 Å². The molecule has 0 saturated carbocycles. The Morgan fingerprint density at radius 1 is 1.25 bits per heavy atom. The first-order chi connectivity index (χ1) is 9.28. The average molecular weight is 290 g/mol. The third-order valence-corrected chi connectivity index (χ3v) is 2.56. The maximum absolute atomic E-state index is 12.0. The van der Waals surface area contributed by atoms with Crippen molar-refractivity contribution in [2.45, 2.75) is 26.3 Å². The van der Waals surface area contributed by atoms with E-state index >= 15 is 0 Å². The lowest BCUT2D eigenvalue weighted by Crippen LogP contribution is -2.31. The quantitative estimate of drug-likeness (QED) is 0.791. The summed E-state index contributed by atoms with van der Waals surface area (Å²) in [6.45, 7) is 4.38. The van der Waals surface area contributed by atoms with Gasteiger partial charge in [-0.2, -0.15) is 0 Å². The fourth-order valence-electron chi connectivity index (χ4n) is 1.60. The van der Waals surface area contributed by atoms with Crippen molar-refractivity contribution in [3.63, 3.8) is 0 Å². The molecule has 1 atom stereocenters. The number of rotatable bonds is 6. The molecule has 7 heteroatoms. The normalized spacial score (nSPS) is 12.8. The molecular weight excluding hydrogens is 273 g/mol. The smallest absolute Gasteiger partial charge is 0.406 e. The Labute approximate surface area is 115 Å². The summed E-state index contributed by atoms with van der Waals surface area (Å²) >= 11 is 0. The van der Waals surface area contributed by atoms with E-state index in [1.165, 1.54) is 19.1 Å². The average Bonchev–Trinajstić information content (AvgIpc) is 2.33. The Morgan fingerprint density at radius 3 is 2.35 bits per heavy atom. The number of ether oxygens (including phenoxy) is 1. The number of benzene rings is 1. The summed E-state index contributed by atoms with van der Waals surface area (Å²) in [6, 6.07) is 5.64. The van der Waals surface area contributed by atoms with E-state index in [2.05, 4.69) is 15.4 Å². The summed E-state index contributed by atoms with van der Waals surface area (Å²) in [5.74, 6) is -0.347. The van der Waals surface area contributed by atoms with E-state index in [-0.39, 0.29) is 17.7 Å². The van der Waals surface area contributed by atoms with Crippen molar-refractivity contribution in [1.29, 1.82) is 0 Å². The Hall–Kier alpha value is -1.76. The van der Waals surface area contributed by atoms with Crippen LogP contribution in [0.1, 0.15) is 25.5 Å². The van der Waals surface area contributed by atoms with Crippen molar-refractivity contribution in [2.24, 2.45) is 0 Å². The summed E-state index contributed by atoms with van der Waals surface area (Å²) < 4.78 is 39.8. The van der Waals surface area contributed by atoms with Gasteiger partial charge in [-0.15, -0.1) is 13.2 Å². The van der Waals surface area contributed by atoms with Crippen molar-refractivity contribution < 1.29 is 22.7 Å². The molecule has 4 nitrogen and oxygen atoms in total. The maximum atomic E-state index is 12.0. The molecule has 0 spiro atoms. The molecule has 1 rings (SSSR count). The van der Waals surface area contributed by atoms with Gasteiger partial charge in [0.1, 0.15) is 5.75 Å². The van der Waals surface area contributed by atoms with Crippen molar-refractivity contribution in [1.82, 2.24) is 10.6 Å². The third-order valence-electron chi connectivity index (χ3n) is 2.56. The van der Waals surface area contributed by atoms with Gasteiger partial charge in [-0.05, 0) is 24.6 Å². The van der Waals surface area contributed by atoms with E-state index in [0.717, 1.165) is 5.56 Å². The van der Waals surface area contributed by atoms with Gasteiger partial charge in [-0.25, -0.2) is 0 Å². The van der Waals surface area contributed by atoms with Crippen LogP contribution in [0.15, 0.2) is 24.3 Å². The molecule has 0 radical (unpaired) electrons. The Kier molecular flexibility index (Phi) is 5.82. The summed E-state index contributed by atoms with van der Waals surface area (Å²) in [4.78, 5) is 10.7. The van der Waals surface area contributed by atoms with Gasteiger partial charge in [0.15, 0.2) is 0 Å². The van der Waals surface area contributed by atoms with E-state index in [1.54, 1.807) is 12.1 Å². The van der Waals surface area contributed by atoms with Crippen LogP contribution in [0.25, 0.3) is 0 Å². The molecule has 0 bridgehead atoms. The lowest BCUT2D eigenvalue weighted by molar-refractivity contribution is -0.274. The van der Waals surface area contributed by atoms with Crippen LogP contribution in [0.4, 0.5) is 13.2 Å². The number of carbonyl (C=O) groups excluding carboxylic acids is 1.